The molecule has 1 N–H and O–H groups in total. The van der Waals surface area contributed by atoms with E-state index in [1.54, 1.807) is 6.20 Å². The van der Waals surface area contributed by atoms with Gasteiger partial charge in [0.05, 0.1) is 23.8 Å². The van der Waals surface area contributed by atoms with E-state index in [4.69, 9.17) is 4.74 Å². The van der Waals surface area contributed by atoms with Crippen molar-refractivity contribution in [1.29, 1.82) is 0 Å². The average Bonchev–Trinajstić information content (AvgIpc) is 3.30. The van der Waals surface area contributed by atoms with Crippen LogP contribution in [0.1, 0.15) is 14.7 Å². The predicted octanol–water partition coefficient (Wildman–Crippen LogP) is 3.06. The number of carbonyl (C=O) groups is 1. The van der Waals surface area contributed by atoms with E-state index in [0.717, 1.165) is 34.4 Å². The predicted molar refractivity (Wildman–Crippen MR) is 103 cm³/mol. The number of aryl methyl sites for hydroxylation is 1. The standard InChI is InChI=1S/C17H17N5O2S2/c1-11-20-21-17(25-11)19-15(23)14-10-12(13-4-2-3-5-18-13)16(26-14)22-6-8-24-9-7-22/h2-5,10H,6-9H2,1H3,(H,19,21,23). The summed E-state index contributed by atoms with van der Waals surface area (Å²) in [4.78, 5) is 20.0. The summed E-state index contributed by atoms with van der Waals surface area (Å²) in [5.74, 6) is -0.178. The molecule has 3 aromatic rings. The largest absolute Gasteiger partial charge is 0.378 e. The van der Waals surface area contributed by atoms with Gasteiger partial charge in [0, 0.05) is 24.8 Å². The third-order valence-corrected chi connectivity index (χ3v) is 5.87. The van der Waals surface area contributed by atoms with E-state index < -0.39 is 0 Å². The Morgan fingerprint density at radius 1 is 1.23 bits per heavy atom. The summed E-state index contributed by atoms with van der Waals surface area (Å²) in [6, 6.07) is 7.70. The van der Waals surface area contributed by atoms with Gasteiger partial charge in [0.25, 0.3) is 5.91 Å². The number of aromatic nitrogens is 3. The van der Waals surface area contributed by atoms with Crippen LogP contribution >= 0.6 is 22.7 Å². The third-order valence-electron chi connectivity index (χ3n) is 3.92. The summed E-state index contributed by atoms with van der Waals surface area (Å²) >= 11 is 2.83. The number of morpholine rings is 1. The highest BCUT2D eigenvalue weighted by molar-refractivity contribution is 7.19. The first-order valence-electron chi connectivity index (χ1n) is 8.20. The van der Waals surface area contributed by atoms with Crippen LogP contribution in [0, 0.1) is 6.92 Å². The first kappa shape index (κ1) is 17.1. The Labute approximate surface area is 158 Å². The zero-order valence-electron chi connectivity index (χ0n) is 14.1. The fraction of sp³-hybridized carbons (Fsp3) is 0.294. The number of hydrogen-bond acceptors (Lipinski definition) is 8. The van der Waals surface area contributed by atoms with Crippen molar-refractivity contribution in [1.82, 2.24) is 15.2 Å². The number of carbonyl (C=O) groups excluding carboxylic acids is 1. The molecule has 4 rings (SSSR count). The zero-order valence-corrected chi connectivity index (χ0v) is 15.8. The van der Waals surface area contributed by atoms with Crippen LogP contribution in [0.25, 0.3) is 11.3 Å². The lowest BCUT2D eigenvalue weighted by molar-refractivity contribution is 0.103. The molecule has 0 unspecified atom stereocenters. The molecule has 1 aliphatic heterocycles. The van der Waals surface area contributed by atoms with Crippen molar-refractivity contribution in [3.63, 3.8) is 0 Å². The van der Waals surface area contributed by atoms with Crippen molar-refractivity contribution in [2.24, 2.45) is 0 Å². The van der Waals surface area contributed by atoms with Gasteiger partial charge in [-0.1, -0.05) is 17.4 Å². The lowest BCUT2D eigenvalue weighted by Crippen LogP contribution is -2.35. The van der Waals surface area contributed by atoms with Gasteiger partial charge >= 0.3 is 0 Å². The molecule has 1 aliphatic rings. The number of thiophene rings is 1. The SMILES string of the molecule is Cc1nnc(NC(=O)c2cc(-c3ccccn3)c(N3CCOCC3)s2)s1. The molecule has 1 amide bonds. The van der Waals surface area contributed by atoms with Crippen molar-refractivity contribution < 1.29 is 9.53 Å². The van der Waals surface area contributed by atoms with Gasteiger partial charge in [-0.3, -0.25) is 15.1 Å². The third kappa shape index (κ3) is 3.59. The molecule has 26 heavy (non-hydrogen) atoms. The molecule has 3 aromatic heterocycles. The minimum Gasteiger partial charge on any atom is -0.378 e. The van der Waals surface area contributed by atoms with Crippen LogP contribution in [0.15, 0.2) is 30.5 Å². The summed E-state index contributed by atoms with van der Waals surface area (Å²) in [7, 11) is 0. The maximum Gasteiger partial charge on any atom is 0.267 e. The molecule has 0 saturated carbocycles. The fourth-order valence-corrected chi connectivity index (χ4v) is 4.41. The van der Waals surface area contributed by atoms with Crippen LogP contribution < -0.4 is 10.2 Å². The van der Waals surface area contributed by atoms with Crippen LogP contribution in [-0.2, 0) is 4.74 Å². The minimum atomic E-state index is -0.178. The lowest BCUT2D eigenvalue weighted by Gasteiger charge is -2.28. The Balaban J connectivity index is 1.67. The number of amides is 1. The number of hydrogen-bond donors (Lipinski definition) is 1. The number of nitrogens with one attached hydrogen (secondary N) is 1. The molecular weight excluding hydrogens is 370 g/mol. The number of rotatable bonds is 4. The van der Waals surface area contributed by atoms with Crippen molar-refractivity contribution in [3.8, 4) is 11.3 Å². The Hall–Kier alpha value is -2.36. The highest BCUT2D eigenvalue weighted by atomic mass is 32.1. The molecule has 0 bridgehead atoms. The maximum absolute atomic E-state index is 12.7. The van der Waals surface area contributed by atoms with Crippen molar-refractivity contribution in [2.45, 2.75) is 6.92 Å². The van der Waals surface area contributed by atoms with Gasteiger partial charge in [-0.05, 0) is 25.1 Å². The summed E-state index contributed by atoms with van der Waals surface area (Å²) in [5, 5.41) is 13.1. The molecule has 9 heteroatoms. The van der Waals surface area contributed by atoms with Gasteiger partial charge in [0.2, 0.25) is 5.13 Å². The molecule has 0 radical (unpaired) electrons. The van der Waals surface area contributed by atoms with Gasteiger partial charge < -0.3 is 9.64 Å². The van der Waals surface area contributed by atoms with E-state index in [-0.39, 0.29) is 5.91 Å². The van der Waals surface area contributed by atoms with E-state index in [1.807, 2.05) is 31.2 Å². The lowest BCUT2D eigenvalue weighted by atomic mass is 10.2. The number of anilines is 2. The van der Waals surface area contributed by atoms with Gasteiger partial charge in [0.15, 0.2) is 0 Å². The molecule has 1 saturated heterocycles. The average molecular weight is 387 g/mol. The van der Waals surface area contributed by atoms with Gasteiger partial charge in [-0.15, -0.1) is 21.5 Å². The molecule has 0 spiro atoms. The second-order valence-electron chi connectivity index (χ2n) is 5.72. The topological polar surface area (TPSA) is 80.2 Å². The molecule has 1 fully saturated rings. The number of ether oxygens (including phenoxy) is 1. The number of pyridine rings is 1. The van der Waals surface area contributed by atoms with Crippen LogP contribution in [0.2, 0.25) is 0 Å². The smallest absolute Gasteiger partial charge is 0.267 e. The second kappa shape index (κ2) is 7.48. The fourth-order valence-electron chi connectivity index (χ4n) is 2.71. The van der Waals surface area contributed by atoms with Crippen LogP contribution in [0.4, 0.5) is 10.1 Å². The summed E-state index contributed by atoms with van der Waals surface area (Å²) < 4.78 is 5.46. The zero-order chi connectivity index (χ0) is 17.9. The Morgan fingerprint density at radius 2 is 2.08 bits per heavy atom. The number of nitrogens with zero attached hydrogens (tertiary/aromatic N) is 4. The van der Waals surface area contributed by atoms with Crippen LogP contribution in [0.5, 0.6) is 0 Å². The second-order valence-corrected chi connectivity index (χ2v) is 7.94. The van der Waals surface area contributed by atoms with E-state index in [1.165, 1.54) is 22.7 Å². The highest BCUT2D eigenvalue weighted by Gasteiger charge is 2.23. The maximum atomic E-state index is 12.7. The molecule has 7 nitrogen and oxygen atoms in total. The molecule has 0 aliphatic carbocycles. The van der Waals surface area contributed by atoms with Gasteiger partial charge in [-0.25, -0.2) is 0 Å². The normalized spacial score (nSPS) is 14.4. The van der Waals surface area contributed by atoms with E-state index >= 15 is 0 Å². The Kier molecular flexibility index (Phi) is 4.91. The molecule has 0 aromatic carbocycles. The summed E-state index contributed by atoms with van der Waals surface area (Å²) in [5.41, 5.74) is 1.83. The Morgan fingerprint density at radius 3 is 2.77 bits per heavy atom. The van der Waals surface area contributed by atoms with Crippen molar-refractivity contribution >= 4 is 38.7 Å². The van der Waals surface area contributed by atoms with E-state index in [2.05, 4.69) is 25.4 Å². The molecule has 134 valence electrons. The summed E-state index contributed by atoms with van der Waals surface area (Å²) in [6.07, 6.45) is 1.76. The summed E-state index contributed by atoms with van der Waals surface area (Å²) in [6.45, 7) is 4.83. The highest BCUT2D eigenvalue weighted by Crippen LogP contribution is 2.39. The minimum absolute atomic E-state index is 0.178. The van der Waals surface area contributed by atoms with Crippen molar-refractivity contribution in [3.05, 3.63) is 40.3 Å². The van der Waals surface area contributed by atoms with E-state index in [0.29, 0.717) is 23.2 Å². The quantitative estimate of drug-likeness (QED) is 0.741. The van der Waals surface area contributed by atoms with Gasteiger partial charge in [-0.2, -0.15) is 0 Å². The van der Waals surface area contributed by atoms with Crippen LogP contribution in [-0.4, -0.2) is 47.4 Å². The first-order chi connectivity index (χ1) is 12.7. The molecule has 0 atom stereocenters. The van der Waals surface area contributed by atoms with Gasteiger partial charge in [0.1, 0.15) is 10.0 Å². The van der Waals surface area contributed by atoms with Crippen molar-refractivity contribution in [2.75, 3.05) is 36.5 Å². The molecular formula is C17H17N5O2S2. The Bertz CT molecular complexity index is 903. The molecule has 4 heterocycles. The first-order valence-corrected chi connectivity index (χ1v) is 9.83. The van der Waals surface area contributed by atoms with Crippen LogP contribution in [0.3, 0.4) is 0 Å². The monoisotopic (exact) mass is 387 g/mol. The van der Waals surface area contributed by atoms with E-state index in [9.17, 15) is 4.79 Å².